The number of rotatable bonds is 10. The van der Waals surface area contributed by atoms with Gasteiger partial charge in [0, 0.05) is 11.8 Å². The van der Waals surface area contributed by atoms with Gasteiger partial charge in [0.2, 0.25) is 0 Å². The smallest absolute Gasteiger partial charge is 0.431 e. The maximum absolute atomic E-state index is 13.9. The van der Waals surface area contributed by atoms with E-state index in [0.29, 0.717) is 4.57 Å². The lowest BCUT2D eigenvalue weighted by atomic mass is 10.1. The minimum atomic E-state index is -4.24. The van der Waals surface area contributed by atoms with Gasteiger partial charge in [-0.15, -0.1) is 0 Å². The molecule has 0 N–H and O–H groups in total. The van der Waals surface area contributed by atoms with Crippen LogP contribution in [-0.4, -0.2) is 84.3 Å². The Morgan fingerprint density at radius 2 is 1.27 bits per heavy atom. The van der Waals surface area contributed by atoms with Gasteiger partial charge < -0.3 is 33.2 Å². The van der Waals surface area contributed by atoms with Gasteiger partial charge in [-0.2, -0.15) is 8.42 Å². The first-order valence-corrected chi connectivity index (χ1v) is 17.8. The van der Waals surface area contributed by atoms with Crippen LogP contribution in [0.2, 0.25) is 0 Å². The third-order valence-corrected chi connectivity index (χ3v) is 8.11. The van der Waals surface area contributed by atoms with E-state index in [1.165, 1.54) is 19.1 Å². The number of carbonyl (C=O) groups excluding carboxylic acids is 3. The monoisotopic (exact) mass is 756 g/mol. The van der Waals surface area contributed by atoms with Crippen molar-refractivity contribution in [2.24, 2.45) is 0 Å². The Morgan fingerprint density at radius 1 is 0.769 bits per heavy atom. The Bertz CT molecular complexity index is 1830. The lowest BCUT2D eigenvalue weighted by molar-refractivity contribution is -0.0883. The van der Waals surface area contributed by atoms with Crippen molar-refractivity contribution in [3.63, 3.8) is 0 Å². The third-order valence-electron chi connectivity index (χ3n) is 6.79. The van der Waals surface area contributed by atoms with Gasteiger partial charge in [0.25, 0.3) is 15.7 Å². The van der Waals surface area contributed by atoms with Crippen molar-refractivity contribution >= 4 is 28.6 Å². The van der Waals surface area contributed by atoms with Crippen LogP contribution in [0, 0.1) is 13.8 Å². The van der Waals surface area contributed by atoms with E-state index in [4.69, 9.17) is 37.3 Å². The van der Waals surface area contributed by atoms with Crippen molar-refractivity contribution in [2.75, 3.05) is 13.2 Å². The molecule has 2 aromatic rings. The Labute approximate surface area is 302 Å². The fourth-order valence-electron chi connectivity index (χ4n) is 4.68. The lowest BCUT2D eigenvalue weighted by Crippen LogP contribution is -2.47. The molecule has 0 spiro atoms. The highest BCUT2D eigenvalue weighted by Gasteiger charge is 2.53. The minimum Gasteiger partial charge on any atom is -0.431 e. The molecule has 0 radical (unpaired) electrons. The van der Waals surface area contributed by atoms with E-state index in [0.717, 1.165) is 16.3 Å². The third kappa shape index (κ3) is 12.1. The molecular formula is C34H48N2O15S. The number of carbonyl (C=O) groups is 3. The Kier molecular flexibility index (Phi) is 13.0. The van der Waals surface area contributed by atoms with Crippen LogP contribution in [0.1, 0.15) is 79.7 Å². The van der Waals surface area contributed by atoms with Crippen LogP contribution in [0.5, 0.6) is 0 Å². The van der Waals surface area contributed by atoms with Gasteiger partial charge in [0.15, 0.2) is 18.4 Å². The van der Waals surface area contributed by atoms with Gasteiger partial charge >= 0.3 is 24.2 Å². The molecule has 1 aliphatic rings. The molecule has 0 bridgehead atoms. The summed E-state index contributed by atoms with van der Waals surface area (Å²) in [6.45, 7) is 15.8. The summed E-state index contributed by atoms with van der Waals surface area (Å²) in [7, 11) is -4.24. The number of hydrogen-bond acceptors (Lipinski definition) is 15. The Balaban J connectivity index is 2.05. The molecule has 0 saturated carbocycles. The molecular weight excluding hydrogens is 708 g/mol. The molecule has 0 amide bonds. The molecule has 1 fully saturated rings. The predicted octanol–water partition coefficient (Wildman–Crippen LogP) is 4.52. The quantitative estimate of drug-likeness (QED) is 0.186. The minimum absolute atomic E-state index is 0.00123. The molecule has 1 saturated heterocycles. The van der Waals surface area contributed by atoms with Crippen molar-refractivity contribution in [1.29, 1.82) is 0 Å². The topological polar surface area (TPSA) is 203 Å². The fourth-order valence-corrected chi connectivity index (χ4v) is 5.58. The summed E-state index contributed by atoms with van der Waals surface area (Å²) in [5.74, 6) is 0. The van der Waals surface area contributed by atoms with Crippen molar-refractivity contribution in [3.05, 3.63) is 62.4 Å². The lowest BCUT2D eigenvalue weighted by Gasteiger charge is -2.28. The average molecular weight is 757 g/mol. The molecule has 1 aliphatic heterocycles. The molecule has 1 aromatic heterocycles. The summed E-state index contributed by atoms with van der Waals surface area (Å²) >= 11 is 0. The zero-order chi connectivity index (χ0) is 39.4. The van der Waals surface area contributed by atoms with E-state index >= 15 is 0 Å². The van der Waals surface area contributed by atoms with Crippen molar-refractivity contribution in [2.45, 2.75) is 129 Å². The van der Waals surface area contributed by atoms with E-state index in [1.807, 2.05) is 0 Å². The number of ether oxygens (including phenoxy) is 7. The summed E-state index contributed by atoms with van der Waals surface area (Å²) in [6, 6.07) is 5.89. The van der Waals surface area contributed by atoms with Gasteiger partial charge in [-0.1, -0.05) is 17.7 Å². The molecule has 17 nitrogen and oxygen atoms in total. The van der Waals surface area contributed by atoms with Crippen LogP contribution in [-0.2, 0) is 54.0 Å². The molecule has 2 heterocycles. The van der Waals surface area contributed by atoms with Gasteiger partial charge in [-0.25, -0.2) is 19.2 Å². The van der Waals surface area contributed by atoms with E-state index in [-0.39, 0.29) is 10.5 Å². The first-order valence-electron chi connectivity index (χ1n) is 16.4. The van der Waals surface area contributed by atoms with Crippen LogP contribution in [0.25, 0.3) is 0 Å². The number of nitrogens with zero attached hydrogens (tertiary/aromatic N) is 2. The van der Waals surface area contributed by atoms with Gasteiger partial charge in [0.1, 0.15) is 29.5 Å². The molecule has 18 heteroatoms. The highest BCUT2D eigenvalue weighted by molar-refractivity contribution is 7.86. The highest BCUT2D eigenvalue weighted by Crippen LogP contribution is 2.35. The predicted molar refractivity (Wildman–Crippen MR) is 182 cm³/mol. The molecule has 1 aromatic carbocycles. The maximum Gasteiger partial charge on any atom is 0.509 e. The molecule has 2 unspecified atom stereocenters. The maximum atomic E-state index is 13.9. The summed E-state index contributed by atoms with van der Waals surface area (Å²) in [5, 5.41) is 0. The van der Waals surface area contributed by atoms with Crippen molar-refractivity contribution in [1.82, 2.24) is 9.13 Å². The molecule has 0 aliphatic carbocycles. The normalized spacial score (nSPS) is 19.4. The van der Waals surface area contributed by atoms with Crippen LogP contribution in [0.15, 0.2) is 44.9 Å². The van der Waals surface area contributed by atoms with E-state index < -0.39 is 101 Å². The first-order chi connectivity index (χ1) is 23.8. The van der Waals surface area contributed by atoms with Gasteiger partial charge in [-0.05, 0) is 88.3 Å². The van der Waals surface area contributed by atoms with E-state index in [9.17, 15) is 32.4 Å². The van der Waals surface area contributed by atoms with Gasteiger partial charge in [-0.3, -0.25) is 18.1 Å². The number of hydrogen-bond donors (Lipinski definition) is 0. The van der Waals surface area contributed by atoms with Crippen LogP contribution >= 0.6 is 0 Å². The number of benzene rings is 1. The zero-order valence-corrected chi connectivity index (χ0v) is 32.1. The number of aryl methyl sites for hydroxylation is 2. The van der Waals surface area contributed by atoms with E-state index in [2.05, 4.69) is 0 Å². The SMILES string of the molecule is Cc1ccc(S(=O)(=O)OCCn2c(=O)c(C)cn(C3OC(COC(=O)OC(C)(C)C)[C@@H](OC(=O)OC(C)(C)C)[C@H]3OC(=O)OC(C)(C)C)c2=O)cc1. The summed E-state index contributed by atoms with van der Waals surface area (Å²) in [4.78, 5) is 65.4. The number of aromatic nitrogens is 2. The second kappa shape index (κ2) is 16.1. The van der Waals surface area contributed by atoms with Crippen molar-refractivity contribution < 1.29 is 60.1 Å². The van der Waals surface area contributed by atoms with Crippen LogP contribution in [0.3, 0.4) is 0 Å². The Hall–Kier alpha value is -4.42. The largest absolute Gasteiger partial charge is 0.509 e. The van der Waals surface area contributed by atoms with Crippen LogP contribution < -0.4 is 11.2 Å². The fraction of sp³-hybridized carbons (Fsp3) is 0.618. The Morgan fingerprint density at radius 3 is 1.79 bits per heavy atom. The molecule has 290 valence electrons. The van der Waals surface area contributed by atoms with Gasteiger partial charge in [0.05, 0.1) is 18.0 Å². The standard InChI is InChI=1S/C34H48N2O15S/c1-20-12-14-22(15-13-20)52(42,43)45-17-16-35-26(37)21(2)18-36(28(35)38)27-25(48-31(41)51-34(9,10)11)24(47-30(40)50-33(6,7)8)23(46-27)19-44-29(39)49-32(3,4)5/h12-15,18,23-25,27H,16-17,19H2,1-11H3/t23?,24-,25-,27?/m1/s1. The average Bonchev–Trinajstić information content (AvgIpc) is 3.28. The van der Waals surface area contributed by atoms with E-state index in [1.54, 1.807) is 81.4 Å². The summed E-state index contributed by atoms with van der Waals surface area (Å²) in [6.07, 6.45) is -8.66. The molecule has 52 heavy (non-hydrogen) atoms. The molecule has 4 atom stereocenters. The second-order valence-corrected chi connectivity index (χ2v) is 16.6. The zero-order valence-electron chi connectivity index (χ0n) is 31.2. The summed E-state index contributed by atoms with van der Waals surface area (Å²) in [5.41, 5.74) is -3.95. The molecule has 3 rings (SSSR count). The summed E-state index contributed by atoms with van der Waals surface area (Å²) < 4.78 is 70.6. The van der Waals surface area contributed by atoms with Crippen molar-refractivity contribution in [3.8, 4) is 0 Å². The second-order valence-electron chi connectivity index (χ2n) is 15.0. The van der Waals surface area contributed by atoms with Crippen LogP contribution in [0.4, 0.5) is 14.4 Å². The highest BCUT2D eigenvalue weighted by atomic mass is 32.2. The first kappa shape index (κ1) is 42.0.